The molecule has 0 radical (unpaired) electrons. The predicted molar refractivity (Wildman–Crippen MR) is 115 cm³/mol. The van der Waals surface area contributed by atoms with Gasteiger partial charge in [0.15, 0.2) is 5.76 Å². The number of likely N-dealkylation sites (tertiary alicyclic amines) is 1. The van der Waals surface area contributed by atoms with E-state index in [0.717, 1.165) is 23.5 Å². The molecule has 4 unspecified atom stereocenters. The maximum atomic E-state index is 14.0. The average molecular weight is 435 g/mol. The van der Waals surface area contributed by atoms with E-state index in [2.05, 4.69) is 17.5 Å². The first-order valence-corrected chi connectivity index (χ1v) is 11.1. The summed E-state index contributed by atoms with van der Waals surface area (Å²) in [7, 11) is 3.31. The highest BCUT2D eigenvalue weighted by atomic mass is 19.3. The molecule has 0 aromatic heterocycles. The molecule has 0 saturated carbocycles. The molecular weight excluding hydrogens is 402 g/mol. The smallest absolute Gasteiger partial charge is 0.295 e. The number of nitrogens with zero attached hydrogens (tertiary/aromatic N) is 1. The molecule has 1 N–H and O–H groups in total. The average Bonchev–Trinajstić information content (AvgIpc) is 3.19. The fourth-order valence-electron chi connectivity index (χ4n) is 5.24. The summed E-state index contributed by atoms with van der Waals surface area (Å²) in [6.45, 7) is 0.357. The molecular formula is C24H32F2N2O3. The molecule has 4 rings (SSSR count). The van der Waals surface area contributed by atoms with E-state index < -0.39 is 6.55 Å². The first-order chi connectivity index (χ1) is 15.0. The number of fused-ring (bicyclic) bond motifs is 2. The Morgan fingerprint density at radius 1 is 1.26 bits per heavy atom. The summed E-state index contributed by atoms with van der Waals surface area (Å²) in [4.78, 5) is 1.35. The quantitative estimate of drug-likeness (QED) is 0.571. The molecule has 7 heteroatoms. The van der Waals surface area contributed by atoms with Crippen LogP contribution in [0.15, 0.2) is 58.9 Å². The molecule has 0 aromatic rings. The van der Waals surface area contributed by atoms with E-state index >= 15 is 0 Å². The molecule has 1 saturated heterocycles. The first-order valence-electron chi connectivity index (χ1n) is 11.1. The number of rotatable bonds is 8. The van der Waals surface area contributed by atoms with Gasteiger partial charge in [0.25, 0.3) is 6.55 Å². The number of hydrogen-bond donors (Lipinski definition) is 1. The normalized spacial score (nSPS) is 30.2. The van der Waals surface area contributed by atoms with E-state index in [4.69, 9.17) is 14.2 Å². The third-order valence-electron chi connectivity index (χ3n) is 6.82. The number of allylic oxidation sites excluding steroid dienone is 3. The van der Waals surface area contributed by atoms with E-state index in [9.17, 15) is 8.78 Å². The minimum atomic E-state index is -2.48. The number of halogens is 2. The van der Waals surface area contributed by atoms with Crippen molar-refractivity contribution in [3.8, 4) is 0 Å². The van der Waals surface area contributed by atoms with Crippen molar-refractivity contribution >= 4 is 0 Å². The van der Waals surface area contributed by atoms with Gasteiger partial charge in [0.1, 0.15) is 11.5 Å². The highest BCUT2D eigenvalue weighted by molar-refractivity contribution is 5.36. The molecule has 2 heterocycles. The van der Waals surface area contributed by atoms with E-state index in [1.54, 1.807) is 14.2 Å². The Morgan fingerprint density at radius 3 is 2.81 bits per heavy atom. The van der Waals surface area contributed by atoms with E-state index in [0.29, 0.717) is 38.2 Å². The van der Waals surface area contributed by atoms with Crippen molar-refractivity contribution in [2.45, 2.75) is 51.2 Å². The molecule has 31 heavy (non-hydrogen) atoms. The summed E-state index contributed by atoms with van der Waals surface area (Å²) in [5.41, 5.74) is 2.28. The van der Waals surface area contributed by atoms with Gasteiger partial charge in [-0.2, -0.15) is 8.78 Å². The van der Waals surface area contributed by atoms with Crippen LogP contribution in [-0.4, -0.2) is 50.9 Å². The lowest BCUT2D eigenvalue weighted by molar-refractivity contribution is -0.0621. The molecule has 0 amide bonds. The van der Waals surface area contributed by atoms with Crippen molar-refractivity contribution in [1.82, 2.24) is 10.2 Å². The molecule has 4 atom stereocenters. The Labute approximate surface area is 183 Å². The van der Waals surface area contributed by atoms with Gasteiger partial charge < -0.3 is 19.5 Å². The number of ether oxygens (including phenoxy) is 3. The Balaban J connectivity index is 1.55. The minimum absolute atomic E-state index is 0.207. The van der Waals surface area contributed by atoms with E-state index in [1.807, 2.05) is 25.3 Å². The van der Waals surface area contributed by atoms with Crippen molar-refractivity contribution in [1.29, 1.82) is 0 Å². The van der Waals surface area contributed by atoms with E-state index in [-0.39, 0.29) is 23.9 Å². The predicted octanol–water partition coefficient (Wildman–Crippen LogP) is 4.48. The van der Waals surface area contributed by atoms with Gasteiger partial charge >= 0.3 is 0 Å². The second-order valence-electron chi connectivity index (χ2n) is 8.40. The molecule has 0 spiro atoms. The van der Waals surface area contributed by atoms with Crippen LogP contribution >= 0.6 is 0 Å². The second kappa shape index (κ2) is 9.47. The summed E-state index contributed by atoms with van der Waals surface area (Å²) in [5.74, 6) is 2.77. The minimum Gasteiger partial charge on any atom is -0.497 e. The van der Waals surface area contributed by atoms with Gasteiger partial charge in [-0.3, -0.25) is 0 Å². The van der Waals surface area contributed by atoms with Gasteiger partial charge in [-0.05, 0) is 67.7 Å². The lowest BCUT2D eigenvalue weighted by Crippen LogP contribution is -2.48. The highest BCUT2D eigenvalue weighted by Crippen LogP contribution is 2.42. The summed E-state index contributed by atoms with van der Waals surface area (Å²) in [6.07, 6.45) is 13.0. The molecule has 0 bridgehead atoms. The Hall–Kier alpha value is -2.28. The number of nitrogens with one attached hydrogen (secondary N) is 1. The SMILES string of the molecule is CCOC1=C(OC)CC2CCN(C(F)F)C(CCC3=CNC4C=CC(OC)=CC34)C2=C1. The van der Waals surface area contributed by atoms with Gasteiger partial charge in [0.2, 0.25) is 0 Å². The topological polar surface area (TPSA) is 43.0 Å². The zero-order valence-electron chi connectivity index (χ0n) is 18.4. The van der Waals surface area contributed by atoms with Crippen LogP contribution in [0.5, 0.6) is 0 Å². The zero-order chi connectivity index (χ0) is 22.0. The lowest BCUT2D eigenvalue weighted by Gasteiger charge is -2.43. The molecule has 5 nitrogen and oxygen atoms in total. The summed E-state index contributed by atoms with van der Waals surface area (Å²) < 4.78 is 44.6. The Morgan fingerprint density at radius 2 is 2.10 bits per heavy atom. The van der Waals surface area contributed by atoms with Gasteiger partial charge in [0, 0.05) is 24.9 Å². The molecule has 2 aliphatic carbocycles. The standard InChI is InChI=1S/C24H32F2N2O3/c1-4-31-23-13-19-15(11-22(23)30-3)9-10-28(24(25)26)21(19)8-5-16-14-27-20-7-6-17(29-2)12-18(16)20/h6-7,12-15,18,20-21,24,27H,4-5,8-11H2,1-3H3. The third-order valence-corrected chi connectivity index (χ3v) is 6.82. The maximum absolute atomic E-state index is 14.0. The fourth-order valence-corrected chi connectivity index (χ4v) is 5.24. The molecule has 1 fully saturated rings. The Bertz CT molecular complexity index is 831. The molecule has 2 aliphatic heterocycles. The Kier molecular flexibility index (Phi) is 6.70. The highest BCUT2D eigenvalue weighted by Gasteiger charge is 2.40. The van der Waals surface area contributed by atoms with Crippen molar-refractivity contribution in [2.75, 3.05) is 27.4 Å². The molecule has 4 aliphatic rings. The number of hydrogen-bond acceptors (Lipinski definition) is 5. The van der Waals surface area contributed by atoms with Crippen LogP contribution in [0, 0.1) is 11.8 Å². The molecule has 0 aromatic carbocycles. The van der Waals surface area contributed by atoms with Crippen molar-refractivity contribution < 1.29 is 23.0 Å². The van der Waals surface area contributed by atoms with Gasteiger partial charge in [-0.1, -0.05) is 6.08 Å². The van der Waals surface area contributed by atoms with Crippen LogP contribution in [0.4, 0.5) is 8.78 Å². The molecule has 170 valence electrons. The van der Waals surface area contributed by atoms with Gasteiger partial charge in [-0.25, -0.2) is 4.90 Å². The first kappa shape index (κ1) is 21.9. The number of piperidine rings is 1. The van der Waals surface area contributed by atoms with E-state index in [1.165, 1.54) is 10.5 Å². The maximum Gasteiger partial charge on any atom is 0.295 e. The summed E-state index contributed by atoms with van der Waals surface area (Å²) in [5, 5.41) is 3.40. The van der Waals surface area contributed by atoms with Crippen LogP contribution in [0.1, 0.15) is 32.6 Å². The monoisotopic (exact) mass is 434 g/mol. The number of alkyl halides is 2. The lowest BCUT2D eigenvalue weighted by atomic mass is 9.77. The van der Waals surface area contributed by atoms with Crippen molar-refractivity contribution in [3.05, 3.63) is 58.9 Å². The number of methoxy groups -OCH3 is 2. The van der Waals surface area contributed by atoms with Crippen LogP contribution in [0.25, 0.3) is 0 Å². The third kappa shape index (κ3) is 4.38. The van der Waals surface area contributed by atoms with Crippen molar-refractivity contribution in [3.63, 3.8) is 0 Å². The van der Waals surface area contributed by atoms with Gasteiger partial charge in [-0.15, -0.1) is 0 Å². The van der Waals surface area contributed by atoms with Crippen LogP contribution in [-0.2, 0) is 14.2 Å². The summed E-state index contributed by atoms with van der Waals surface area (Å²) in [6, 6.07) is -0.0950. The summed E-state index contributed by atoms with van der Waals surface area (Å²) >= 11 is 0. The van der Waals surface area contributed by atoms with Gasteiger partial charge in [0.05, 0.1) is 26.9 Å². The zero-order valence-corrected chi connectivity index (χ0v) is 18.4. The van der Waals surface area contributed by atoms with Crippen LogP contribution in [0.3, 0.4) is 0 Å². The fraction of sp³-hybridized carbons (Fsp3) is 0.583. The second-order valence-corrected chi connectivity index (χ2v) is 8.40. The van der Waals surface area contributed by atoms with Crippen LogP contribution < -0.4 is 5.32 Å². The van der Waals surface area contributed by atoms with Crippen molar-refractivity contribution in [2.24, 2.45) is 11.8 Å². The van der Waals surface area contributed by atoms with Crippen LogP contribution in [0.2, 0.25) is 0 Å². The largest absolute Gasteiger partial charge is 0.497 e.